The van der Waals surface area contributed by atoms with Gasteiger partial charge in [0.25, 0.3) is 0 Å². The summed E-state index contributed by atoms with van der Waals surface area (Å²) in [5.74, 6) is 0.965. The molecule has 1 aromatic rings. The Bertz CT molecular complexity index is 384. The topological polar surface area (TPSA) is 30.5 Å². The number of aryl methyl sites for hydroxylation is 1. The number of benzene rings is 1. The van der Waals surface area contributed by atoms with E-state index in [0.29, 0.717) is 0 Å². The van der Waals surface area contributed by atoms with Gasteiger partial charge in [-0.3, -0.25) is 0 Å². The lowest BCUT2D eigenvalue weighted by atomic mass is 9.81. The Hall–Kier alpha value is -1.06. The number of nitrogens with one attached hydrogen (secondary N) is 1. The van der Waals surface area contributed by atoms with E-state index in [1.807, 2.05) is 7.05 Å². The second kappa shape index (κ2) is 5.07. The summed E-state index contributed by atoms with van der Waals surface area (Å²) in [5, 5.41) is 3.48. The number of hydrogen-bond acceptors (Lipinski definition) is 3. The Kier molecular flexibility index (Phi) is 3.69. The lowest BCUT2D eigenvalue weighted by Crippen LogP contribution is -2.45. The van der Waals surface area contributed by atoms with Crippen LogP contribution in [-0.2, 0) is 10.3 Å². The Labute approximate surface area is 103 Å². The van der Waals surface area contributed by atoms with Crippen molar-refractivity contribution in [1.29, 1.82) is 0 Å². The molecule has 0 amide bonds. The first-order valence-corrected chi connectivity index (χ1v) is 6.13. The molecule has 1 N–H and O–H groups in total. The minimum atomic E-state index is -0.00435. The lowest BCUT2D eigenvalue weighted by Gasteiger charge is -2.38. The van der Waals surface area contributed by atoms with Gasteiger partial charge in [0.1, 0.15) is 5.75 Å². The smallest absolute Gasteiger partial charge is 0.123 e. The fourth-order valence-corrected chi connectivity index (χ4v) is 2.57. The van der Waals surface area contributed by atoms with Crippen molar-refractivity contribution < 1.29 is 9.47 Å². The monoisotopic (exact) mass is 235 g/mol. The summed E-state index contributed by atoms with van der Waals surface area (Å²) in [6, 6.07) is 6.37. The van der Waals surface area contributed by atoms with Crippen LogP contribution < -0.4 is 10.1 Å². The van der Waals surface area contributed by atoms with Gasteiger partial charge in [0.15, 0.2) is 0 Å². The molecule has 3 nitrogen and oxygen atoms in total. The second-order valence-corrected chi connectivity index (χ2v) is 4.65. The molecule has 1 fully saturated rings. The summed E-state index contributed by atoms with van der Waals surface area (Å²) in [4.78, 5) is 0. The standard InChI is InChI=1S/C14H21NO2/c1-11-4-5-13(16-3)12(10-11)14(15-2)6-8-17-9-7-14/h4-5,10,15H,6-9H2,1-3H3. The van der Waals surface area contributed by atoms with E-state index in [0.717, 1.165) is 31.8 Å². The van der Waals surface area contributed by atoms with Crippen molar-refractivity contribution in [2.24, 2.45) is 0 Å². The van der Waals surface area contributed by atoms with Crippen LogP contribution in [-0.4, -0.2) is 27.4 Å². The molecule has 0 spiro atoms. The molecule has 1 saturated heterocycles. The third-order valence-corrected chi connectivity index (χ3v) is 3.70. The average Bonchev–Trinajstić information content (AvgIpc) is 2.39. The molecule has 0 aliphatic carbocycles. The van der Waals surface area contributed by atoms with Gasteiger partial charge in [0.05, 0.1) is 12.6 Å². The fraction of sp³-hybridized carbons (Fsp3) is 0.571. The summed E-state index contributed by atoms with van der Waals surface area (Å²) in [6.45, 7) is 3.72. The van der Waals surface area contributed by atoms with Crippen molar-refractivity contribution in [1.82, 2.24) is 5.32 Å². The van der Waals surface area contributed by atoms with E-state index >= 15 is 0 Å². The largest absolute Gasteiger partial charge is 0.496 e. The number of rotatable bonds is 3. The van der Waals surface area contributed by atoms with Gasteiger partial charge in [-0.05, 0) is 32.9 Å². The Morgan fingerprint density at radius 3 is 2.59 bits per heavy atom. The van der Waals surface area contributed by atoms with E-state index in [1.165, 1.54) is 11.1 Å². The van der Waals surface area contributed by atoms with Crippen molar-refractivity contribution in [2.75, 3.05) is 27.4 Å². The highest BCUT2D eigenvalue weighted by atomic mass is 16.5. The van der Waals surface area contributed by atoms with E-state index < -0.39 is 0 Å². The molecule has 3 heteroatoms. The van der Waals surface area contributed by atoms with Crippen LogP contribution in [0.1, 0.15) is 24.0 Å². The molecule has 1 aliphatic heterocycles. The highest BCUT2D eigenvalue weighted by Crippen LogP contribution is 2.37. The maximum absolute atomic E-state index is 5.50. The molecule has 94 valence electrons. The normalized spacial score (nSPS) is 19.0. The van der Waals surface area contributed by atoms with Gasteiger partial charge in [0.2, 0.25) is 0 Å². The highest BCUT2D eigenvalue weighted by molar-refractivity contribution is 5.42. The third-order valence-electron chi connectivity index (χ3n) is 3.70. The van der Waals surface area contributed by atoms with Crippen molar-refractivity contribution in [3.05, 3.63) is 29.3 Å². The zero-order valence-corrected chi connectivity index (χ0v) is 10.9. The molecule has 0 bridgehead atoms. The van der Waals surface area contributed by atoms with Crippen LogP contribution in [0.3, 0.4) is 0 Å². The number of methoxy groups -OCH3 is 1. The van der Waals surface area contributed by atoms with Crippen molar-refractivity contribution >= 4 is 0 Å². The minimum absolute atomic E-state index is 0.00435. The van der Waals surface area contributed by atoms with Crippen LogP contribution in [0.5, 0.6) is 5.75 Å². The summed E-state index contributed by atoms with van der Waals surface area (Å²) in [7, 11) is 3.75. The van der Waals surface area contributed by atoms with Crippen LogP contribution >= 0.6 is 0 Å². The van der Waals surface area contributed by atoms with Gasteiger partial charge in [-0.2, -0.15) is 0 Å². The van der Waals surface area contributed by atoms with Crippen molar-refractivity contribution in [3.8, 4) is 5.75 Å². The molecular formula is C14H21NO2. The van der Waals surface area contributed by atoms with E-state index in [4.69, 9.17) is 9.47 Å². The molecule has 2 rings (SSSR count). The highest BCUT2D eigenvalue weighted by Gasteiger charge is 2.35. The quantitative estimate of drug-likeness (QED) is 0.871. The summed E-state index contributed by atoms with van der Waals surface area (Å²) >= 11 is 0. The zero-order valence-electron chi connectivity index (χ0n) is 10.9. The van der Waals surface area contributed by atoms with Gasteiger partial charge < -0.3 is 14.8 Å². The molecule has 1 aliphatic rings. The number of hydrogen-bond donors (Lipinski definition) is 1. The lowest BCUT2D eigenvalue weighted by molar-refractivity contribution is 0.0389. The average molecular weight is 235 g/mol. The summed E-state index contributed by atoms with van der Waals surface area (Å²) in [6.07, 6.45) is 1.98. The first-order valence-electron chi connectivity index (χ1n) is 6.13. The Balaban J connectivity index is 2.44. The van der Waals surface area contributed by atoms with E-state index in [9.17, 15) is 0 Å². The van der Waals surface area contributed by atoms with Gasteiger partial charge >= 0.3 is 0 Å². The van der Waals surface area contributed by atoms with E-state index in [-0.39, 0.29) is 5.54 Å². The van der Waals surface area contributed by atoms with Gasteiger partial charge in [-0.15, -0.1) is 0 Å². The molecule has 1 heterocycles. The summed E-state index contributed by atoms with van der Waals surface area (Å²) in [5.41, 5.74) is 2.52. The Morgan fingerprint density at radius 2 is 2.00 bits per heavy atom. The maximum atomic E-state index is 5.50. The van der Waals surface area contributed by atoms with E-state index in [1.54, 1.807) is 7.11 Å². The molecule has 0 unspecified atom stereocenters. The second-order valence-electron chi connectivity index (χ2n) is 4.65. The molecule has 0 saturated carbocycles. The first-order chi connectivity index (χ1) is 8.22. The predicted octanol–water partition coefficient (Wildman–Crippen LogP) is 2.23. The first kappa shape index (κ1) is 12.4. The molecule has 0 atom stereocenters. The molecule has 0 radical (unpaired) electrons. The van der Waals surface area contributed by atoms with Gasteiger partial charge in [0, 0.05) is 18.8 Å². The summed E-state index contributed by atoms with van der Waals surface area (Å²) < 4.78 is 11.0. The maximum Gasteiger partial charge on any atom is 0.123 e. The molecular weight excluding hydrogens is 214 g/mol. The van der Waals surface area contributed by atoms with Crippen LogP contribution in [0.25, 0.3) is 0 Å². The van der Waals surface area contributed by atoms with Gasteiger partial charge in [-0.25, -0.2) is 0 Å². The van der Waals surface area contributed by atoms with Gasteiger partial charge in [-0.1, -0.05) is 17.7 Å². The molecule has 0 aromatic heterocycles. The predicted molar refractivity (Wildman–Crippen MR) is 68.5 cm³/mol. The van der Waals surface area contributed by atoms with Crippen LogP contribution in [0.4, 0.5) is 0 Å². The van der Waals surface area contributed by atoms with Crippen LogP contribution in [0, 0.1) is 6.92 Å². The van der Waals surface area contributed by atoms with Crippen molar-refractivity contribution in [3.63, 3.8) is 0 Å². The Morgan fingerprint density at radius 1 is 1.29 bits per heavy atom. The zero-order chi connectivity index (χ0) is 12.3. The van der Waals surface area contributed by atoms with Crippen molar-refractivity contribution in [2.45, 2.75) is 25.3 Å². The van der Waals surface area contributed by atoms with Crippen LogP contribution in [0.2, 0.25) is 0 Å². The van der Waals surface area contributed by atoms with Crippen LogP contribution in [0.15, 0.2) is 18.2 Å². The van der Waals surface area contributed by atoms with E-state index in [2.05, 4.69) is 30.4 Å². The molecule has 17 heavy (non-hydrogen) atoms. The molecule has 1 aromatic carbocycles. The SMILES string of the molecule is CNC1(c2cc(C)ccc2OC)CCOCC1. The third kappa shape index (κ3) is 2.31. The minimum Gasteiger partial charge on any atom is -0.496 e. The number of ether oxygens (including phenoxy) is 2. The fourth-order valence-electron chi connectivity index (χ4n) is 2.57.